The summed E-state index contributed by atoms with van der Waals surface area (Å²) in [6, 6.07) is 16.0. The second kappa shape index (κ2) is 14.0. The number of hydrogen-bond donors (Lipinski definition) is 0. The lowest BCUT2D eigenvalue weighted by molar-refractivity contribution is -0.132. The Morgan fingerprint density at radius 2 is 1.14 bits per heavy atom. The summed E-state index contributed by atoms with van der Waals surface area (Å²) >= 11 is 3.42. The molecule has 0 saturated carbocycles. The van der Waals surface area contributed by atoms with E-state index in [0.717, 1.165) is 73.4 Å². The molecule has 0 bridgehead atoms. The zero-order chi connectivity index (χ0) is 30.5. The molecule has 0 spiro atoms. The molecule has 5 rings (SSSR count). The highest BCUT2D eigenvalue weighted by Crippen LogP contribution is 2.36. The van der Waals surface area contributed by atoms with Gasteiger partial charge in [-0.05, 0) is 70.5 Å². The van der Waals surface area contributed by atoms with Crippen molar-refractivity contribution in [1.29, 1.82) is 0 Å². The highest BCUT2D eigenvalue weighted by atomic mass is 79.9. The highest BCUT2D eigenvalue weighted by Gasteiger charge is 2.51. The predicted octanol–water partition coefficient (Wildman–Crippen LogP) is 3.07. The first-order valence-electron chi connectivity index (χ1n) is 14.9. The summed E-state index contributed by atoms with van der Waals surface area (Å²) in [4.78, 5) is 33.1. The standard InChI is InChI=1S/C19H29BN2O3.C13H17BrN2O/c1-18(2)19(3,4)25-20(24-18)16-8-6-7-15(13-16)14-17(23)22-11-9-21(5)10-12-22;1-15-5-7-16(8-6-15)13(17)10-11-3-2-4-12(14)9-11/h6-8,13H,9-12,14H2,1-5H3;2-4,9H,5-8,10H2,1H3. The largest absolute Gasteiger partial charge is 0.494 e. The van der Waals surface area contributed by atoms with E-state index in [4.69, 9.17) is 9.31 Å². The molecule has 0 radical (unpaired) electrons. The van der Waals surface area contributed by atoms with Crippen LogP contribution in [0.1, 0.15) is 38.8 Å². The number of nitrogens with zero attached hydrogens (tertiary/aromatic N) is 4. The number of rotatable bonds is 5. The van der Waals surface area contributed by atoms with Gasteiger partial charge in [-0.1, -0.05) is 52.3 Å². The maximum Gasteiger partial charge on any atom is 0.494 e. The van der Waals surface area contributed by atoms with E-state index in [9.17, 15) is 9.59 Å². The molecular formula is C32H46BBrN4O4. The Morgan fingerprint density at radius 1 is 0.714 bits per heavy atom. The van der Waals surface area contributed by atoms with Gasteiger partial charge in [0.05, 0.1) is 24.0 Å². The van der Waals surface area contributed by atoms with Gasteiger partial charge in [0.15, 0.2) is 0 Å². The Kier molecular flexibility index (Phi) is 10.9. The number of amides is 2. The lowest BCUT2D eigenvalue weighted by atomic mass is 9.78. The van der Waals surface area contributed by atoms with Crippen LogP contribution in [-0.4, -0.2) is 116 Å². The molecule has 10 heteroatoms. The van der Waals surface area contributed by atoms with Gasteiger partial charge in [-0.15, -0.1) is 0 Å². The van der Waals surface area contributed by atoms with E-state index in [2.05, 4.69) is 39.8 Å². The van der Waals surface area contributed by atoms with Gasteiger partial charge < -0.3 is 28.9 Å². The van der Waals surface area contributed by atoms with Crippen molar-refractivity contribution in [2.45, 2.75) is 51.7 Å². The quantitative estimate of drug-likeness (QED) is 0.468. The minimum absolute atomic E-state index is 0.194. The lowest BCUT2D eigenvalue weighted by Gasteiger charge is -2.32. The molecule has 0 aliphatic carbocycles. The molecule has 3 aliphatic rings. The molecule has 3 heterocycles. The van der Waals surface area contributed by atoms with Gasteiger partial charge in [0, 0.05) is 56.8 Å². The Balaban J connectivity index is 0.000000208. The first-order valence-corrected chi connectivity index (χ1v) is 15.7. The molecule has 42 heavy (non-hydrogen) atoms. The molecule has 0 N–H and O–H groups in total. The molecule has 228 valence electrons. The number of benzene rings is 2. The van der Waals surface area contributed by atoms with E-state index in [1.54, 1.807) is 0 Å². The Morgan fingerprint density at radius 3 is 1.60 bits per heavy atom. The predicted molar refractivity (Wildman–Crippen MR) is 172 cm³/mol. The van der Waals surface area contributed by atoms with Gasteiger partial charge in [-0.2, -0.15) is 0 Å². The van der Waals surface area contributed by atoms with Gasteiger partial charge in [-0.25, -0.2) is 0 Å². The fraction of sp³-hybridized carbons (Fsp3) is 0.562. The Labute approximate surface area is 260 Å². The fourth-order valence-corrected chi connectivity index (χ4v) is 5.61. The van der Waals surface area contributed by atoms with Crippen LogP contribution in [0.25, 0.3) is 0 Å². The second-order valence-corrected chi connectivity index (χ2v) is 13.6. The first-order chi connectivity index (χ1) is 19.8. The molecule has 8 nitrogen and oxygen atoms in total. The van der Waals surface area contributed by atoms with Crippen LogP contribution < -0.4 is 5.46 Å². The van der Waals surface area contributed by atoms with Crippen LogP contribution in [0.15, 0.2) is 53.0 Å². The smallest absolute Gasteiger partial charge is 0.399 e. The van der Waals surface area contributed by atoms with Crippen LogP contribution in [-0.2, 0) is 31.7 Å². The molecule has 3 fully saturated rings. The van der Waals surface area contributed by atoms with Gasteiger partial charge in [-0.3, -0.25) is 9.59 Å². The monoisotopic (exact) mass is 640 g/mol. The lowest BCUT2D eigenvalue weighted by Crippen LogP contribution is -2.47. The minimum atomic E-state index is -0.385. The first kappa shape index (κ1) is 32.7. The molecule has 0 aromatic heterocycles. The zero-order valence-corrected chi connectivity index (χ0v) is 27.7. The van der Waals surface area contributed by atoms with E-state index in [-0.39, 0.29) is 30.1 Å². The van der Waals surface area contributed by atoms with Gasteiger partial charge in [0.25, 0.3) is 0 Å². The summed E-state index contributed by atoms with van der Waals surface area (Å²) in [5, 5.41) is 0. The molecule has 2 aromatic rings. The van der Waals surface area contributed by atoms with E-state index >= 15 is 0 Å². The minimum Gasteiger partial charge on any atom is -0.399 e. The van der Waals surface area contributed by atoms with Crippen LogP contribution in [0.3, 0.4) is 0 Å². The highest BCUT2D eigenvalue weighted by molar-refractivity contribution is 9.10. The number of likely N-dealkylation sites (N-methyl/N-ethyl adjacent to an activating group) is 2. The third kappa shape index (κ3) is 8.66. The molecule has 0 unspecified atom stereocenters. The SMILES string of the molecule is CN1CCN(C(=O)Cc2cccc(B3OC(C)(C)C(C)(C)O3)c2)CC1.CN1CCN(C(=O)Cc2cccc(Br)c2)CC1. The third-order valence-corrected chi connectivity index (χ3v) is 9.28. The summed E-state index contributed by atoms with van der Waals surface area (Å²) in [5.41, 5.74) is 2.34. The summed E-state index contributed by atoms with van der Waals surface area (Å²) in [6.45, 7) is 15.4. The number of halogens is 1. The summed E-state index contributed by atoms with van der Waals surface area (Å²) in [7, 11) is 3.80. The van der Waals surface area contributed by atoms with Gasteiger partial charge >= 0.3 is 7.12 Å². The fourth-order valence-electron chi connectivity index (χ4n) is 5.16. The summed E-state index contributed by atoms with van der Waals surface area (Å²) < 4.78 is 13.3. The second-order valence-electron chi connectivity index (χ2n) is 12.7. The Hall–Kier alpha value is -2.24. The number of piperazine rings is 2. The van der Waals surface area contributed by atoms with E-state index < -0.39 is 0 Å². The van der Waals surface area contributed by atoms with Crippen molar-refractivity contribution in [3.8, 4) is 0 Å². The van der Waals surface area contributed by atoms with E-state index in [1.807, 2.05) is 86.0 Å². The zero-order valence-electron chi connectivity index (χ0n) is 26.1. The van der Waals surface area contributed by atoms with Crippen LogP contribution >= 0.6 is 15.9 Å². The van der Waals surface area contributed by atoms with Crippen LogP contribution in [0.5, 0.6) is 0 Å². The van der Waals surface area contributed by atoms with Crippen molar-refractivity contribution >= 4 is 40.3 Å². The van der Waals surface area contributed by atoms with Crippen molar-refractivity contribution in [2.75, 3.05) is 66.5 Å². The molecular weight excluding hydrogens is 595 g/mol. The Bertz CT molecular complexity index is 1210. The maximum atomic E-state index is 12.6. The van der Waals surface area contributed by atoms with Crippen molar-refractivity contribution in [3.05, 3.63) is 64.1 Å². The van der Waals surface area contributed by atoms with Gasteiger partial charge in [0.2, 0.25) is 11.8 Å². The third-order valence-electron chi connectivity index (χ3n) is 8.79. The van der Waals surface area contributed by atoms with E-state index in [0.29, 0.717) is 12.8 Å². The van der Waals surface area contributed by atoms with E-state index in [1.165, 1.54) is 0 Å². The van der Waals surface area contributed by atoms with Crippen LogP contribution in [0, 0.1) is 0 Å². The van der Waals surface area contributed by atoms with Crippen molar-refractivity contribution < 1.29 is 18.9 Å². The van der Waals surface area contributed by atoms with Crippen molar-refractivity contribution in [1.82, 2.24) is 19.6 Å². The molecule has 0 atom stereocenters. The molecule has 2 aromatic carbocycles. The average molecular weight is 641 g/mol. The normalized spacial score (nSPS) is 20.7. The summed E-state index contributed by atoms with van der Waals surface area (Å²) in [6.07, 6.45) is 0.931. The van der Waals surface area contributed by atoms with Crippen LogP contribution in [0.2, 0.25) is 0 Å². The molecule has 3 aliphatic heterocycles. The average Bonchev–Trinajstić information content (AvgIpc) is 3.16. The van der Waals surface area contributed by atoms with Crippen LogP contribution in [0.4, 0.5) is 0 Å². The summed E-state index contributed by atoms with van der Waals surface area (Å²) in [5.74, 6) is 0.426. The number of carbonyl (C=O) groups is 2. The molecule has 3 saturated heterocycles. The number of carbonyl (C=O) groups excluding carboxylic acids is 2. The maximum absolute atomic E-state index is 12.6. The molecule has 2 amide bonds. The van der Waals surface area contributed by atoms with Gasteiger partial charge in [0.1, 0.15) is 0 Å². The topological polar surface area (TPSA) is 65.6 Å². The number of hydrogen-bond acceptors (Lipinski definition) is 6. The van der Waals surface area contributed by atoms with Crippen molar-refractivity contribution in [2.24, 2.45) is 0 Å². The van der Waals surface area contributed by atoms with Crippen molar-refractivity contribution in [3.63, 3.8) is 0 Å².